The molecule has 2 aliphatic carbocycles. The van der Waals surface area contributed by atoms with Crippen LogP contribution in [0.4, 0.5) is 20.2 Å². The number of benzene rings is 1. The zero-order chi connectivity index (χ0) is 28.0. The van der Waals surface area contributed by atoms with Gasteiger partial charge in [-0.25, -0.2) is 21.9 Å². The van der Waals surface area contributed by atoms with Gasteiger partial charge in [0.1, 0.15) is 11.4 Å². The number of hydrogen-bond acceptors (Lipinski definition) is 7. The molecule has 3 aliphatic rings. The quantitative estimate of drug-likeness (QED) is 0.409. The number of nitrogens with one attached hydrogen (secondary N) is 1. The second-order valence-corrected chi connectivity index (χ2v) is 13.3. The lowest BCUT2D eigenvalue weighted by Crippen LogP contribution is -2.43. The van der Waals surface area contributed by atoms with Crippen LogP contribution in [-0.2, 0) is 10.0 Å². The van der Waals surface area contributed by atoms with Gasteiger partial charge in [-0.1, -0.05) is 11.6 Å². The van der Waals surface area contributed by atoms with Gasteiger partial charge in [-0.05, 0) is 68.2 Å². The van der Waals surface area contributed by atoms with E-state index in [1.54, 1.807) is 21.6 Å². The Labute approximate surface area is 232 Å². The maximum absolute atomic E-state index is 13.6. The molecule has 10 nitrogen and oxygen atoms in total. The maximum atomic E-state index is 13.6. The van der Waals surface area contributed by atoms with E-state index in [0.29, 0.717) is 35.3 Å². The molecule has 13 heteroatoms. The molecule has 1 saturated heterocycles. The summed E-state index contributed by atoms with van der Waals surface area (Å²) in [5, 5.41) is 22.5. The van der Waals surface area contributed by atoms with E-state index in [2.05, 4.69) is 25.0 Å². The first-order valence-electron chi connectivity index (χ1n) is 14.0. The van der Waals surface area contributed by atoms with Crippen LogP contribution in [0.15, 0.2) is 36.7 Å². The molecule has 0 bridgehead atoms. The van der Waals surface area contributed by atoms with Gasteiger partial charge in [0.05, 0.1) is 41.7 Å². The molecule has 0 radical (unpaired) electrons. The lowest BCUT2D eigenvalue weighted by molar-refractivity contribution is -0.0449. The molecule has 0 amide bonds. The van der Waals surface area contributed by atoms with Gasteiger partial charge in [-0.3, -0.25) is 9.40 Å². The molecule has 40 heavy (non-hydrogen) atoms. The Morgan fingerprint density at radius 2 is 1.75 bits per heavy atom. The van der Waals surface area contributed by atoms with E-state index in [1.807, 2.05) is 24.4 Å². The first kappa shape index (κ1) is 27.1. The number of piperidine rings is 1. The van der Waals surface area contributed by atoms with Crippen LogP contribution in [0.25, 0.3) is 17.1 Å². The molecular weight excluding hydrogens is 540 g/mol. The Kier molecular flexibility index (Phi) is 7.06. The molecule has 1 aliphatic heterocycles. The summed E-state index contributed by atoms with van der Waals surface area (Å²) >= 11 is 0. The number of aromatic nitrogens is 5. The zero-order valence-electron chi connectivity index (χ0n) is 22.3. The molecule has 3 heterocycles. The maximum Gasteiger partial charge on any atom is 0.248 e. The Bertz CT molecular complexity index is 1450. The normalized spacial score (nSPS) is 20.9. The average molecular weight is 576 g/mol. The van der Waals surface area contributed by atoms with Crippen molar-refractivity contribution in [2.24, 2.45) is 5.41 Å². The highest BCUT2D eigenvalue weighted by molar-refractivity contribution is 7.92. The summed E-state index contributed by atoms with van der Waals surface area (Å²) in [7, 11) is -3.67. The van der Waals surface area contributed by atoms with Crippen molar-refractivity contribution in [1.29, 1.82) is 0 Å². The highest BCUT2D eigenvalue weighted by Crippen LogP contribution is 2.49. The Morgan fingerprint density at radius 3 is 2.42 bits per heavy atom. The Balaban J connectivity index is 1.26. The second-order valence-electron chi connectivity index (χ2n) is 11.5. The van der Waals surface area contributed by atoms with Gasteiger partial charge in [-0.2, -0.15) is 5.10 Å². The first-order chi connectivity index (χ1) is 19.1. The molecule has 3 fully saturated rings. The smallest absolute Gasteiger partial charge is 0.248 e. The monoisotopic (exact) mass is 575 g/mol. The topological polar surface area (TPSA) is 118 Å². The fourth-order valence-electron chi connectivity index (χ4n) is 6.25. The van der Waals surface area contributed by atoms with E-state index in [1.165, 1.54) is 19.3 Å². The fourth-order valence-corrected chi connectivity index (χ4v) is 7.08. The molecule has 216 valence electrons. The van der Waals surface area contributed by atoms with Gasteiger partial charge in [0.2, 0.25) is 15.9 Å². The molecule has 0 atom stereocenters. The SMILES string of the molecule is O=S(=O)(CCO)Nc1ccc(-n2cc(-c3ccn(C4CCC(F)(F)CC4)n3)nn2)c(N2CCC3(CCC3)CC2)c1. The van der Waals surface area contributed by atoms with Crippen molar-refractivity contribution < 1.29 is 22.3 Å². The number of aliphatic hydroxyl groups excluding tert-OH is 1. The summed E-state index contributed by atoms with van der Waals surface area (Å²) in [6.45, 7) is 1.28. The van der Waals surface area contributed by atoms with Gasteiger partial charge in [0.25, 0.3) is 0 Å². The third-order valence-corrected chi connectivity index (χ3v) is 10.1. The van der Waals surface area contributed by atoms with Crippen molar-refractivity contribution >= 4 is 21.4 Å². The van der Waals surface area contributed by atoms with Crippen LogP contribution >= 0.6 is 0 Å². The number of nitrogens with zero attached hydrogens (tertiary/aromatic N) is 6. The van der Waals surface area contributed by atoms with Gasteiger partial charge < -0.3 is 10.0 Å². The largest absolute Gasteiger partial charge is 0.395 e. The summed E-state index contributed by atoms with van der Waals surface area (Å²) in [6.07, 6.45) is 10.1. The van der Waals surface area contributed by atoms with E-state index in [9.17, 15) is 17.2 Å². The summed E-state index contributed by atoms with van der Waals surface area (Å²) in [6, 6.07) is 7.08. The van der Waals surface area contributed by atoms with E-state index in [0.717, 1.165) is 37.3 Å². The minimum absolute atomic E-state index is 0.0600. The van der Waals surface area contributed by atoms with Crippen LogP contribution in [0.5, 0.6) is 0 Å². The Hall–Kier alpha value is -3.06. The molecule has 0 unspecified atom stereocenters. The number of rotatable bonds is 8. The van der Waals surface area contributed by atoms with Gasteiger partial charge in [0.15, 0.2) is 0 Å². The van der Waals surface area contributed by atoms with Crippen molar-refractivity contribution in [3.05, 3.63) is 36.7 Å². The molecule has 3 aromatic rings. The highest BCUT2D eigenvalue weighted by Gasteiger charge is 2.40. The predicted molar refractivity (Wildman–Crippen MR) is 147 cm³/mol. The van der Waals surface area contributed by atoms with E-state index >= 15 is 0 Å². The molecule has 6 rings (SSSR count). The third-order valence-electron chi connectivity index (χ3n) is 8.86. The number of aliphatic hydroxyl groups is 1. The zero-order valence-corrected chi connectivity index (χ0v) is 23.2. The lowest BCUT2D eigenvalue weighted by atomic mass is 9.63. The molecular formula is C27H35F2N7O3S. The van der Waals surface area contributed by atoms with Crippen LogP contribution in [0, 0.1) is 5.41 Å². The van der Waals surface area contributed by atoms with E-state index in [-0.39, 0.29) is 24.6 Å². The molecule has 2 N–H and O–H groups in total. The number of sulfonamides is 1. The van der Waals surface area contributed by atoms with Crippen molar-refractivity contribution in [3.63, 3.8) is 0 Å². The van der Waals surface area contributed by atoms with Crippen LogP contribution in [0.3, 0.4) is 0 Å². The van der Waals surface area contributed by atoms with Crippen LogP contribution in [0.2, 0.25) is 0 Å². The number of anilines is 2. The summed E-state index contributed by atoms with van der Waals surface area (Å²) in [5.74, 6) is -2.97. The first-order valence-corrected chi connectivity index (χ1v) is 15.7. The molecule has 2 aromatic heterocycles. The minimum atomic E-state index is -3.67. The van der Waals surface area contributed by atoms with Crippen molar-refractivity contribution in [3.8, 4) is 17.1 Å². The lowest BCUT2D eigenvalue weighted by Gasteiger charge is -2.48. The molecule has 1 spiro atoms. The van der Waals surface area contributed by atoms with Crippen LogP contribution < -0.4 is 9.62 Å². The van der Waals surface area contributed by atoms with Crippen LogP contribution in [-0.4, -0.2) is 69.7 Å². The van der Waals surface area contributed by atoms with Crippen molar-refractivity contribution in [2.75, 3.05) is 35.1 Å². The average Bonchev–Trinajstić information content (AvgIpc) is 3.58. The van der Waals surface area contributed by atoms with Gasteiger partial charge in [-0.15, -0.1) is 5.10 Å². The fraction of sp³-hybridized carbons (Fsp3) is 0.593. The van der Waals surface area contributed by atoms with Crippen molar-refractivity contribution in [1.82, 2.24) is 24.8 Å². The van der Waals surface area contributed by atoms with E-state index < -0.39 is 22.6 Å². The van der Waals surface area contributed by atoms with Crippen molar-refractivity contribution in [2.45, 2.75) is 69.8 Å². The number of hydrogen-bond donors (Lipinski definition) is 2. The molecule has 1 aromatic carbocycles. The standard InChI is InChI=1S/C27H35F2N7O3S/c28-27(29)9-4-21(5-10-27)35-13-6-22(31-35)23-19-36(33-30-23)24-3-2-20(32-40(38,39)17-16-37)18-25(24)34-14-11-26(12-15-34)7-1-8-26/h2-3,6,13,18-19,21,32,37H,1,4-5,7-12,14-17H2. The van der Waals surface area contributed by atoms with Gasteiger partial charge >= 0.3 is 0 Å². The summed E-state index contributed by atoms with van der Waals surface area (Å²) in [4.78, 5) is 2.28. The predicted octanol–water partition coefficient (Wildman–Crippen LogP) is 4.39. The van der Waals surface area contributed by atoms with Crippen LogP contribution in [0.1, 0.15) is 63.8 Å². The summed E-state index contributed by atoms with van der Waals surface area (Å²) < 4.78 is 57.8. The number of halogens is 2. The minimum Gasteiger partial charge on any atom is -0.395 e. The third kappa shape index (κ3) is 5.58. The van der Waals surface area contributed by atoms with Gasteiger partial charge in [0, 0.05) is 32.1 Å². The summed E-state index contributed by atoms with van der Waals surface area (Å²) in [5.41, 5.74) is 3.66. The number of alkyl halides is 2. The van der Waals surface area contributed by atoms with E-state index in [4.69, 9.17) is 5.11 Å². The second kappa shape index (κ2) is 10.4. The molecule has 2 saturated carbocycles. The highest BCUT2D eigenvalue weighted by atomic mass is 32.2. The Morgan fingerprint density at radius 1 is 1.00 bits per heavy atom.